The molecule has 0 fully saturated rings. The average Bonchev–Trinajstić information content (AvgIpc) is 2.73. The Morgan fingerprint density at radius 2 is 1.60 bits per heavy atom. The third kappa shape index (κ3) is 3.17. The molecule has 0 saturated heterocycles. The van der Waals surface area contributed by atoms with E-state index in [-0.39, 0.29) is 15.6 Å². The smallest absolute Gasteiger partial charge is 0.263 e. The van der Waals surface area contributed by atoms with Crippen LogP contribution < -0.4 is 4.72 Å². The van der Waals surface area contributed by atoms with Crippen molar-refractivity contribution in [3.63, 3.8) is 0 Å². The van der Waals surface area contributed by atoms with Crippen LogP contribution in [0.25, 0.3) is 0 Å². The number of H-pyrrole nitrogens is 1. The first-order chi connectivity index (χ1) is 9.18. The first-order valence-electron chi connectivity index (χ1n) is 5.53. The van der Waals surface area contributed by atoms with Gasteiger partial charge in [-0.05, 0) is 31.2 Å². The Bertz CT molecular complexity index is 821. The average molecular weight is 315 g/mol. The fraction of sp³-hybridized carbons (Fsp3) is 0.182. The molecule has 2 N–H and O–H groups in total. The molecule has 0 radical (unpaired) electrons. The summed E-state index contributed by atoms with van der Waals surface area (Å²) in [6.45, 7) is 1.74. The van der Waals surface area contributed by atoms with Gasteiger partial charge in [0.1, 0.15) is 0 Å². The lowest BCUT2D eigenvalue weighted by Gasteiger charge is -2.06. The van der Waals surface area contributed by atoms with Gasteiger partial charge in [-0.3, -0.25) is 9.82 Å². The number of hydrogen-bond donors (Lipinski definition) is 2. The van der Waals surface area contributed by atoms with E-state index < -0.39 is 19.9 Å². The highest BCUT2D eigenvalue weighted by Crippen LogP contribution is 2.17. The Morgan fingerprint density at radius 1 is 1.05 bits per heavy atom. The van der Waals surface area contributed by atoms with E-state index in [0.29, 0.717) is 0 Å². The molecule has 0 unspecified atom stereocenters. The van der Waals surface area contributed by atoms with Crippen LogP contribution in [-0.4, -0.2) is 33.3 Å². The summed E-state index contributed by atoms with van der Waals surface area (Å²) in [7, 11) is -7.14. The van der Waals surface area contributed by atoms with Crippen LogP contribution in [0.5, 0.6) is 0 Å². The molecule has 7 nitrogen and oxygen atoms in total. The number of benzene rings is 1. The van der Waals surface area contributed by atoms with Crippen molar-refractivity contribution in [3.8, 4) is 0 Å². The molecule has 2 rings (SSSR count). The van der Waals surface area contributed by atoms with Crippen molar-refractivity contribution < 1.29 is 16.8 Å². The molecule has 0 aliphatic rings. The highest BCUT2D eigenvalue weighted by molar-refractivity contribution is 7.92. The quantitative estimate of drug-likeness (QED) is 0.872. The number of aromatic amines is 1. The van der Waals surface area contributed by atoms with Crippen LogP contribution in [0, 0.1) is 6.92 Å². The van der Waals surface area contributed by atoms with Gasteiger partial charge in [0, 0.05) is 18.0 Å². The molecule has 1 aromatic heterocycles. The van der Waals surface area contributed by atoms with Gasteiger partial charge in [-0.15, -0.1) is 0 Å². The van der Waals surface area contributed by atoms with E-state index in [2.05, 4.69) is 14.9 Å². The van der Waals surface area contributed by atoms with Crippen molar-refractivity contribution in [1.29, 1.82) is 0 Å². The van der Waals surface area contributed by atoms with Crippen molar-refractivity contribution in [2.75, 3.05) is 11.0 Å². The number of rotatable bonds is 4. The number of aromatic nitrogens is 2. The number of sulfonamides is 1. The van der Waals surface area contributed by atoms with E-state index in [1.54, 1.807) is 13.0 Å². The first-order valence-corrected chi connectivity index (χ1v) is 8.91. The second kappa shape index (κ2) is 4.91. The molecule has 1 heterocycles. The fourth-order valence-corrected chi connectivity index (χ4v) is 3.16. The van der Waals surface area contributed by atoms with Gasteiger partial charge < -0.3 is 0 Å². The molecule has 20 heavy (non-hydrogen) atoms. The van der Waals surface area contributed by atoms with Crippen LogP contribution in [-0.2, 0) is 19.9 Å². The van der Waals surface area contributed by atoms with Gasteiger partial charge in [-0.25, -0.2) is 16.8 Å². The van der Waals surface area contributed by atoms with Crippen LogP contribution in [0.3, 0.4) is 0 Å². The summed E-state index contributed by atoms with van der Waals surface area (Å²) in [5.41, 5.74) is 0.718. The molecule has 2 aromatic rings. The van der Waals surface area contributed by atoms with E-state index in [4.69, 9.17) is 0 Å². The lowest BCUT2D eigenvalue weighted by molar-refractivity contribution is 0.597. The predicted molar refractivity (Wildman–Crippen MR) is 73.7 cm³/mol. The Kier molecular flexibility index (Phi) is 3.57. The van der Waals surface area contributed by atoms with Gasteiger partial charge in [0.2, 0.25) is 0 Å². The van der Waals surface area contributed by atoms with E-state index >= 15 is 0 Å². The highest BCUT2D eigenvalue weighted by Gasteiger charge is 2.16. The number of aryl methyl sites for hydroxylation is 1. The summed E-state index contributed by atoms with van der Waals surface area (Å²) in [6.07, 6.45) is 1.06. The maximum Gasteiger partial charge on any atom is 0.263 e. The lowest BCUT2D eigenvalue weighted by atomic mass is 10.4. The molecule has 0 aliphatic carbocycles. The summed E-state index contributed by atoms with van der Waals surface area (Å²) >= 11 is 0. The van der Waals surface area contributed by atoms with Crippen molar-refractivity contribution in [2.24, 2.45) is 0 Å². The number of hydrogen-bond acceptors (Lipinski definition) is 5. The highest BCUT2D eigenvalue weighted by atomic mass is 32.2. The molecule has 0 saturated carbocycles. The maximum absolute atomic E-state index is 12.1. The van der Waals surface area contributed by atoms with Crippen LogP contribution in [0.1, 0.15) is 5.69 Å². The zero-order valence-electron chi connectivity index (χ0n) is 10.8. The molecule has 0 aliphatic heterocycles. The number of nitrogens with one attached hydrogen (secondary N) is 2. The van der Waals surface area contributed by atoms with Gasteiger partial charge in [0.15, 0.2) is 15.7 Å². The third-order valence-corrected chi connectivity index (χ3v) is 5.01. The Hall–Kier alpha value is -1.87. The minimum absolute atomic E-state index is 0.0365. The van der Waals surface area contributed by atoms with E-state index in [0.717, 1.165) is 11.9 Å². The van der Waals surface area contributed by atoms with E-state index in [1.165, 1.54) is 24.3 Å². The lowest BCUT2D eigenvalue weighted by Crippen LogP contribution is -2.13. The van der Waals surface area contributed by atoms with Crippen LogP contribution in [0.15, 0.2) is 40.1 Å². The molecule has 0 bridgehead atoms. The second-order valence-electron chi connectivity index (χ2n) is 4.29. The monoisotopic (exact) mass is 315 g/mol. The minimum atomic E-state index is -3.79. The number of anilines is 1. The van der Waals surface area contributed by atoms with Gasteiger partial charge in [0.05, 0.1) is 9.79 Å². The van der Waals surface area contributed by atoms with Gasteiger partial charge in [-0.2, -0.15) is 5.10 Å². The Balaban J connectivity index is 2.30. The maximum atomic E-state index is 12.1. The van der Waals surface area contributed by atoms with Gasteiger partial charge in [-0.1, -0.05) is 0 Å². The standard InChI is InChI=1S/C11H13N3O4S2/c1-8-7-11(13-12-8)14-20(17,18)10-5-3-9(4-6-10)19(2,15)16/h3-7H,1-2H3,(H2,12,13,14). The molecular formula is C11H13N3O4S2. The minimum Gasteiger partial charge on any atom is -0.281 e. The summed E-state index contributed by atoms with van der Waals surface area (Å²) in [6, 6.07) is 6.51. The van der Waals surface area contributed by atoms with Crippen molar-refractivity contribution >= 4 is 25.7 Å². The molecule has 0 atom stereocenters. The SMILES string of the molecule is Cc1cc(NS(=O)(=O)c2ccc(S(C)(=O)=O)cc2)n[nH]1. The summed E-state index contributed by atoms with van der Waals surface area (Å²) in [4.78, 5) is 0.0256. The topological polar surface area (TPSA) is 109 Å². The fourth-order valence-electron chi connectivity index (χ4n) is 1.53. The van der Waals surface area contributed by atoms with Crippen molar-refractivity contribution in [3.05, 3.63) is 36.0 Å². The summed E-state index contributed by atoms with van der Waals surface area (Å²) in [5.74, 6) is 0.176. The number of nitrogens with zero attached hydrogens (tertiary/aromatic N) is 1. The zero-order valence-corrected chi connectivity index (χ0v) is 12.4. The van der Waals surface area contributed by atoms with Crippen molar-refractivity contribution in [2.45, 2.75) is 16.7 Å². The molecule has 1 aromatic carbocycles. The molecular weight excluding hydrogens is 302 g/mol. The van der Waals surface area contributed by atoms with E-state index in [9.17, 15) is 16.8 Å². The predicted octanol–water partition coefficient (Wildman–Crippen LogP) is 0.922. The molecule has 0 spiro atoms. The van der Waals surface area contributed by atoms with Gasteiger partial charge >= 0.3 is 0 Å². The zero-order chi connectivity index (χ0) is 15.0. The number of sulfone groups is 1. The Labute approximate surface area is 117 Å². The van der Waals surface area contributed by atoms with E-state index in [1.807, 2.05) is 0 Å². The largest absolute Gasteiger partial charge is 0.281 e. The first kappa shape index (κ1) is 14.5. The van der Waals surface area contributed by atoms with Crippen molar-refractivity contribution in [1.82, 2.24) is 10.2 Å². The van der Waals surface area contributed by atoms with Crippen LogP contribution >= 0.6 is 0 Å². The normalized spacial score (nSPS) is 12.3. The van der Waals surface area contributed by atoms with Crippen LogP contribution in [0.2, 0.25) is 0 Å². The molecule has 0 amide bonds. The second-order valence-corrected chi connectivity index (χ2v) is 7.98. The molecule has 9 heteroatoms. The third-order valence-electron chi connectivity index (χ3n) is 2.51. The Morgan fingerprint density at radius 3 is 2.05 bits per heavy atom. The van der Waals surface area contributed by atoms with Gasteiger partial charge in [0.25, 0.3) is 10.0 Å². The molecule has 108 valence electrons. The van der Waals surface area contributed by atoms with Crippen LogP contribution in [0.4, 0.5) is 5.82 Å². The summed E-state index contributed by atoms with van der Waals surface area (Å²) < 4.78 is 49.0. The summed E-state index contributed by atoms with van der Waals surface area (Å²) in [5, 5.41) is 6.39.